The minimum Gasteiger partial charge on any atom is -0.424 e. The average Bonchev–Trinajstić information content (AvgIpc) is 2.94. The molecule has 1 saturated carbocycles. The number of H-pyrrole nitrogens is 1. The predicted molar refractivity (Wildman–Crippen MR) is 78.1 cm³/mol. The first-order chi connectivity index (χ1) is 10.7. The molecule has 7 nitrogen and oxygen atoms in total. The zero-order valence-electron chi connectivity index (χ0n) is 12.7. The van der Waals surface area contributed by atoms with E-state index in [1.165, 1.54) is 0 Å². The van der Waals surface area contributed by atoms with Crippen LogP contribution >= 0.6 is 0 Å². The lowest BCUT2D eigenvalue weighted by Gasteiger charge is -2.12. The van der Waals surface area contributed by atoms with Gasteiger partial charge in [0.1, 0.15) is 0 Å². The Morgan fingerprint density at radius 2 is 2.23 bits per heavy atom. The summed E-state index contributed by atoms with van der Waals surface area (Å²) in [5.41, 5.74) is 2.06. The van der Waals surface area contributed by atoms with Crippen molar-refractivity contribution in [2.24, 2.45) is 5.92 Å². The van der Waals surface area contributed by atoms with E-state index in [0.29, 0.717) is 24.9 Å². The minimum absolute atomic E-state index is 0.202. The highest BCUT2D eigenvalue weighted by molar-refractivity contribution is 5.09. The molecule has 1 aliphatic heterocycles. The molecule has 0 radical (unpaired) electrons. The maximum atomic E-state index is 10.3. The Bertz CT molecular complexity index is 648. The van der Waals surface area contributed by atoms with Gasteiger partial charge < -0.3 is 9.52 Å². The van der Waals surface area contributed by atoms with E-state index in [4.69, 9.17) is 4.42 Å². The number of hydrogen-bond donors (Lipinski definition) is 2. The summed E-state index contributed by atoms with van der Waals surface area (Å²) in [6, 6.07) is 2.04. The fourth-order valence-electron chi connectivity index (χ4n) is 3.14. The summed E-state index contributed by atoms with van der Waals surface area (Å²) < 4.78 is 5.70. The molecule has 0 aromatic carbocycles. The molecule has 0 unspecified atom stereocenters. The van der Waals surface area contributed by atoms with E-state index in [0.717, 1.165) is 43.1 Å². The Morgan fingerprint density at radius 3 is 2.95 bits per heavy atom. The molecule has 2 aromatic heterocycles. The molecule has 2 fully saturated rings. The largest absolute Gasteiger partial charge is 0.424 e. The number of nitrogens with one attached hydrogen (secondary N) is 1. The fourth-order valence-corrected chi connectivity index (χ4v) is 3.14. The predicted octanol–water partition coefficient (Wildman–Crippen LogP) is 1.01. The molecule has 2 aromatic rings. The molecule has 2 N–H and O–H groups in total. The lowest BCUT2D eigenvalue weighted by molar-refractivity contribution is 0.139. The van der Waals surface area contributed by atoms with Gasteiger partial charge in [0.05, 0.1) is 18.3 Å². The second kappa shape index (κ2) is 5.48. The summed E-state index contributed by atoms with van der Waals surface area (Å²) in [5.74, 6) is 2.12. The molecule has 118 valence electrons. The Morgan fingerprint density at radius 1 is 1.36 bits per heavy atom. The van der Waals surface area contributed by atoms with Crippen LogP contribution in [0.2, 0.25) is 0 Å². The van der Waals surface area contributed by atoms with Crippen LogP contribution in [0.5, 0.6) is 0 Å². The summed E-state index contributed by atoms with van der Waals surface area (Å²) in [6.07, 6.45) is 2.78. The molecular formula is C15H21N5O2. The van der Waals surface area contributed by atoms with Crippen LogP contribution in [0, 0.1) is 12.8 Å². The topological polar surface area (TPSA) is 91.1 Å². The van der Waals surface area contributed by atoms with Gasteiger partial charge in [0, 0.05) is 30.6 Å². The van der Waals surface area contributed by atoms with Gasteiger partial charge >= 0.3 is 0 Å². The van der Waals surface area contributed by atoms with Crippen LogP contribution in [-0.4, -0.2) is 49.6 Å². The minimum atomic E-state index is -0.331. The molecule has 4 rings (SSSR count). The first-order valence-electron chi connectivity index (χ1n) is 7.91. The highest BCUT2D eigenvalue weighted by atomic mass is 16.4. The quantitative estimate of drug-likeness (QED) is 0.857. The standard InChI is InChI=1S/C15H21N5O2/c1-9-4-12(17-16-9)5-11-6-20(7-13(11)21)8-14-18-19-15(22-14)10-2-3-10/h4,10-11,13,21H,2-3,5-8H2,1H3,(H,16,17)/t11-,13-/m1/s1. The number of β-amino-alcohol motifs (C(OH)–C–C–N with tert-alkyl or cyclic N) is 1. The van der Waals surface area contributed by atoms with Gasteiger partial charge in [-0.2, -0.15) is 5.10 Å². The number of aromatic amines is 1. The number of aliphatic hydroxyl groups is 1. The Kier molecular flexibility index (Phi) is 3.46. The van der Waals surface area contributed by atoms with Gasteiger partial charge in [-0.15, -0.1) is 10.2 Å². The molecule has 1 saturated heterocycles. The van der Waals surface area contributed by atoms with Crippen molar-refractivity contribution < 1.29 is 9.52 Å². The fraction of sp³-hybridized carbons (Fsp3) is 0.667. The van der Waals surface area contributed by atoms with Crippen LogP contribution < -0.4 is 0 Å². The van der Waals surface area contributed by atoms with Crippen LogP contribution in [0.25, 0.3) is 0 Å². The maximum absolute atomic E-state index is 10.3. The highest BCUT2D eigenvalue weighted by Crippen LogP contribution is 2.39. The van der Waals surface area contributed by atoms with Gasteiger partial charge in [-0.1, -0.05) is 0 Å². The second-order valence-corrected chi connectivity index (χ2v) is 6.58. The smallest absolute Gasteiger partial charge is 0.230 e. The van der Waals surface area contributed by atoms with Crippen molar-refractivity contribution in [3.63, 3.8) is 0 Å². The number of likely N-dealkylation sites (tertiary alicyclic amines) is 1. The van der Waals surface area contributed by atoms with Gasteiger partial charge in [-0.05, 0) is 32.3 Å². The monoisotopic (exact) mass is 303 g/mol. The van der Waals surface area contributed by atoms with Crippen molar-refractivity contribution in [3.05, 3.63) is 29.2 Å². The number of aromatic nitrogens is 4. The number of aryl methyl sites for hydroxylation is 1. The average molecular weight is 303 g/mol. The van der Waals surface area contributed by atoms with Crippen molar-refractivity contribution in [1.82, 2.24) is 25.3 Å². The first kappa shape index (κ1) is 13.9. The lowest BCUT2D eigenvalue weighted by Crippen LogP contribution is -2.21. The van der Waals surface area contributed by atoms with Crippen molar-refractivity contribution in [3.8, 4) is 0 Å². The third-order valence-corrected chi connectivity index (χ3v) is 4.48. The van der Waals surface area contributed by atoms with Crippen LogP contribution in [0.1, 0.15) is 41.9 Å². The number of aliphatic hydroxyl groups excluding tert-OH is 1. The Hall–Kier alpha value is -1.73. The van der Waals surface area contributed by atoms with Crippen molar-refractivity contribution in [1.29, 1.82) is 0 Å². The van der Waals surface area contributed by atoms with E-state index in [2.05, 4.69) is 25.3 Å². The van der Waals surface area contributed by atoms with Crippen molar-refractivity contribution in [2.75, 3.05) is 13.1 Å². The van der Waals surface area contributed by atoms with Gasteiger partial charge in [0.25, 0.3) is 0 Å². The maximum Gasteiger partial charge on any atom is 0.230 e. The Balaban J connectivity index is 1.35. The van der Waals surface area contributed by atoms with E-state index in [9.17, 15) is 5.11 Å². The summed E-state index contributed by atoms with van der Waals surface area (Å²) in [7, 11) is 0. The number of rotatable bonds is 5. The summed E-state index contributed by atoms with van der Waals surface area (Å²) in [5, 5.41) is 25.7. The summed E-state index contributed by atoms with van der Waals surface area (Å²) in [4.78, 5) is 2.18. The first-order valence-corrected chi connectivity index (χ1v) is 7.91. The molecule has 3 heterocycles. The van der Waals surface area contributed by atoms with Crippen LogP contribution in [0.3, 0.4) is 0 Å². The third kappa shape index (κ3) is 2.91. The van der Waals surface area contributed by atoms with E-state index in [1.54, 1.807) is 0 Å². The molecule has 0 spiro atoms. The molecule has 0 amide bonds. The molecule has 0 bridgehead atoms. The number of nitrogens with zero attached hydrogens (tertiary/aromatic N) is 4. The summed E-state index contributed by atoms with van der Waals surface area (Å²) in [6.45, 7) is 4.08. The molecule has 7 heteroatoms. The van der Waals surface area contributed by atoms with Gasteiger partial charge in [0.15, 0.2) is 0 Å². The van der Waals surface area contributed by atoms with E-state index in [1.807, 2.05) is 13.0 Å². The molecule has 22 heavy (non-hydrogen) atoms. The van der Waals surface area contributed by atoms with Crippen LogP contribution in [-0.2, 0) is 13.0 Å². The molecule has 1 aliphatic carbocycles. The van der Waals surface area contributed by atoms with E-state index < -0.39 is 0 Å². The summed E-state index contributed by atoms with van der Waals surface area (Å²) >= 11 is 0. The van der Waals surface area contributed by atoms with Gasteiger partial charge in [-0.25, -0.2) is 0 Å². The van der Waals surface area contributed by atoms with Crippen LogP contribution in [0.4, 0.5) is 0 Å². The second-order valence-electron chi connectivity index (χ2n) is 6.58. The SMILES string of the molecule is Cc1cc(C[C@@H]2CN(Cc3nnc(C4CC4)o3)C[C@H]2O)n[nH]1. The molecule has 2 atom stereocenters. The van der Waals surface area contributed by atoms with Crippen molar-refractivity contribution in [2.45, 2.75) is 44.8 Å². The number of hydrogen-bond acceptors (Lipinski definition) is 6. The van der Waals surface area contributed by atoms with Crippen molar-refractivity contribution >= 4 is 0 Å². The lowest BCUT2D eigenvalue weighted by atomic mass is 10.0. The molecule has 2 aliphatic rings. The van der Waals surface area contributed by atoms with E-state index in [-0.39, 0.29) is 12.0 Å². The normalized spacial score (nSPS) is 25.9. The van der Waals surface area contributed by atoms with Gasteiger partial charge in [-0.3, -0.25) is 10.00 Å². The Labute approximate surface area is 128 Å². The van der Waals surface area contributed by atoms with Crippen LogP contribution in [0.15, 0.2) is 10.5 Å². The van der Waals surface area contributed by atoms with E-state index >= 15 is 0 Å². The highest BCUT2D eigenvalue weighted by Gasteiger charge is 2.33. The molecular weight excluding hydrogens is 282 g/mol. The van der Waals surface area contributed by atoms with Gasteiger partial charge in [0.2, 0.25) is 11.8 Å². The zero-order valence-corrected chi connectivity index (χ0v) is 12.7. The zero-order chi connectivity index (χ0) is 15.1. The third-order valence-electron chi connectivity index (χ3n) is 4.48.